The van der Waals surface area contributed by atoms with Gasteiger partial charge >= 0.3 is 59.5 Å². The zero-order valence-corrected chi connectivity index (χ0v) is 6.99. The van der Waals surface area contributed by atoms with Crippen LogP contribution in [0.25, 0.3) is 0 Å². The Hall–Kier alpha value is 0.753. The summed E-state index contributed by atoms with van der Waals surface area (Å²) in [5.41, 5.74) is 0. The molecule has 1 rings (SSSR count). The van der Waals surface area contributed by atoms with E-state index in [4.69, 9.17) is 0 Å². The van der Waals surface area contributed by atoms with Crippen molar-refractivity contribution in [1.29, 1.82) is 0 Å². The summed E-state index contributed by atoms with van der Waals surface area (Å²) >= 11 is 1.69. The van der Waals surface area contributed by atoms with Crippen LogP contribution < -0.4 is 0 Å². The third-order valence-electron chi connectivity index (χ3n) is 1.46. The molecule has 0 bridgehead atoms. The maximum absolute atomic E-state index is 1.80. The van der Waals surface area contributed by atoms with Crippen molar-refractivity contribution in [2.24, 2.45) is 0 Å². The molecule has 0 aromatic heterocycles. The molecule has 0 aromatic carbocycles. The van der Waals surface area contributed by atoms with Crippen LogP contribution in [0.1, 0.15) is 32.1 Å². The van der Waals surface area contributed by atoms with Crippen molar-refractivity contribution in [3.05, 3.63) is 0 Å². The van der Waals surface area contributed by atoms with E-state index in [1.807, 2.05) is 0 Å². The van der Waals surface area contributed by atoms with Gasteiger partial charge < -0.3 is 0 Å². The van der Waals surface area contributed by atoms with Gasteiger partial charge in [0.15, 0.2) is 0 Å². The Kier molecular flexibility index (Phi) is 2.45. The molecule has 0 saturated heterocycles. The molecule has 7 heavy (non-hydrogen) atoms. The van der Waals surface area contributed by atoms with Crippen LogP contribution in [-0.2, 0) is 24.2 Å². The van der Waals surface area contributed by atoms with Gasteiger partial charge in [0.1, 0.15) is 0 Å². The van der Waals surface area contributed by atoms with Crippen molar-refractivity contribution >= 4 is 3.21 Å². The summed E-state index contributed by atoms with van der Waals surface area (Å²) in [6.45, 7) is 0. The van der Waals surface area contributed by atoms with Crippen LogP contribution in [-0.4, -0.2) is 3.21 Å². The molecule has 0 heterocycles. The quantitative estimate of drug-likeness (QED) is 0.523. The van der Waals surface area contributed by atoms with Gasteiger partial charge in [-0.3, -0.25) is 0 Å². The third kappa shape index (κ3) is 1.99. The summed E-state index contributed by atoms with van der Waals surface area (Å²) in [6.07, 6.45) is 7.32. The van der Waals surface area contributed by atoms with Crippen LogP contribution in [0, 0.1) is 0 Å². The Bertz CT molecular complexity index is 68.2. The van der Waals surface area contributed by atoms with Crippen molar-refractivity contribution in [2.45, 2.75) is 32.1 Å². The number of hydrogen-bond acceptors (Lipinski definition) is 0. The number of rotatable bonds is 0. The standard InChI is InChI=1S/C6H10.Zr/c1-2-4-6-5-3-1;/h1-5H2;. The first kappa shape index (κ1) is 5.88. The van der Waals surface area contributed by atoms with E-state index in [1.165, 1.54) is 32.1 Å². The van der Waals surface area contributed by atoms with Gasteiger partial charge in [0.25, 0.3) is 0 Å². The van der Waals surface area contributed by atoms with Crippen molar-refractivity contribution in [1.82, 2.24) is 0 Å². The molecule has 1 aliphatic carbocycles. The minimum atomic E-state index is 1.44. The third-order valence-corrected chi connectivity index (χ3v) is 2.69. The van der Waals surface area contributed by atoms with Crippen LogP contribution in [0.3, 0.4) is 0 Å². The van der Waals surface area contributed by atoms with Crippen molar-refractivity contribution in [3.63, 3.8) is 0 Å². The molecule has 1 aliphatic rings. The van der Waals surface area contributed by atoms with E-state index >= 15 is 0 Å². The summed E-state index contributed by atoms with van der Waals surface area (Å²) in [5, 5.41) is 0. The van der Waals surface area contributed by atoms with E-state index < -0.39 is 0 Å². The van der Waals surface area contributed by atoms with Crippen molar-refractivity contribution in [3.8, 4) is 0 Å². The van der Waals surface area contributed by atoms with Gasteiger partial charge in [-0.25, -0.2) is 0 Å². The van der Waals surface area contributed by atoms with E-state index in [9.17, 15) is 0 Å². The summed E-state index contributed by atoms with van der Waals surface area (Å²) in [6, 6.07) is 0. The predicted molar refractivity (Wildman–Crippen MR) is 28.1 cm³/mol. The molecule has 0 nitrogen and oxygen atoms in total. The second kappa shape index (κ2) is 2.92. The van der Waals surface area contributed by atoms with Crippen LogP contribution in [0.5, 0.6) is 0 Å². The second-order valence-electron chi connectivity index (χ2n) is 2.16. The summed E-state index contributed by atoms with van der Waals surface area (Å²) < 4.78 is 1.80. The molecule has 0 spiro atoms. The first-order valence-corrected chi connectivity index (χ1v) is 4.19. The van der Waals surface area contributed by atoms with Gasteiger partial charge in [0, 0.05) is 0 Å². The average Bonchev–Trinajstić information content (AvgIpc) is 1.69. The molecule has 1 heteroatoms. The Labute approximate surface area is 59.6 Å². The van der Waals surface area contributed by atoms with E-state index in [2.05, 4.69) is 0 Å². The Balaban J connectivity index is 2.25. The fourth-order valence-electron chi connectivity index (χ4n) is 0.979. The van der Waals surface area contributed by atoms with Gasteiger partial charge in [-0.1, -0.05) is 0 Å². The molecule has 0 N–H and O–H groups in total. The normalized spacial score (nSPS) is 22.4. The van der Waals surface area contributed by atoms with Crippen molar-refractivity contribution < 1.29 is 24.2 Å². The SMILES string of the molecule is [Zr]=[C]1CCCCC1. The Morgan fingerprint density at radius 3 is 1.86 bits per heavy atom. The second-order valence-corrected chi connectivity index (χ2v) is 3.90. The fourth-order valence-corrected chi connectivity index (χ4v) is 1.85. The number of hydrogen-bond donors (Lipinski definition) is 0. The van der Waals surface area contributed by atoms with Crippen molar-refractivity contribution in [2.75, 3.05) is 0 Å². The molecule has 0 unspecified atom stereocenters. The molecule has 0 atom stereocenters. The van der Waals surface area contributed by atoms with Crippen LogP contribution in [0.2, 0.25) is 0 Å². The molecule has 1 saturated carbocycles. The van der Waals surface area contributed by atoms with Gasteiger partial charge in [-0.05, 0) is 0 Å². The van der Waals surface area contributed by atoms with E-state index in [-0.39, 0.29) is 0 Å². The first-order valence-electron chi connectivity index (χ1n) is 2.96. The molecular weight excluding hydrogens is 163 g/mol. The fraction of sp³-hybridized carbons (Fsp3) is 0.833. The molecule has 0 aliphatic heterocycles. The van der Waals surface area contributed by atoms with Gasteiger partial charge in [-0.15, -0.1) is 0 Å². The Morgan fingerprint density at radius 2 is 1.57 bits per heavy atom. The van der Waals surface area contributed by atoms with Crippen LogP contribution in [0.15, 0.2) is 0 Å². The maximum atomic E-state index is 1.80. The van der Waals surface area contributed by atoms with Crippen LogP contribution >= 0.6 is 0 Å². The molecule has 0 aromatic rings. The summed E-state index contributed by atoms with van der Waals surface area (Å²) in [4.78, 5) is 0. The van der Waals surface area contributed by atoms with Gasteiger partial charge in [0.05, 0.1) is 0 Å². The zero-order valence-electron chi connectivity index (χ0n) is 4.54. The predicted octanol–water partition coefficient (Wildman–Crippen LogP) is 1.67. The molecule has 0 radical (unpaired) electrons. The summed E-state index contributed by atoms with van der Waals surface area (Å²) in [5.74, 6) is 0. The van der Waals surface area contributed by atoms with Gasteiger partial charge in [-0.2, -0.15) is 0 Å². The first-order chi connectivity index (χ1) is 3.39. The average molecular weight is 173 g/mol. The summed E-state index contributed by atoms with van der Waals surface area (Å²) in [7, 11) is 0. The monoisotopic (exact) mass is 172 g/mol. The van der Waals surface area contributed by atoms with E-state index in [0.717, 1.165) is 0 Å². The minimum absolute atomic E-state index is 1.44. The van der Waals surface area contributed by atoms with Gasteiger partial charge in [0.2, 0.25) is 0 Å². The zero-order chi connectivity index (χ0) is 5.11. The molecule has 1 fully saturated rings. The Morgan fingerprint density at radius 1 is 1.00 bits per heavy atom. The molecule has 0 amide bonds. The molecule has 38 valence electrons. The molecular formula is C6H10Zr. The topological polar surface area (TPSA) is 0 Å². The van der Waals surface area contributed by atoms with E-state index in [0.29, 0.717) is 0 Å². The van der Waals surface area contributed by atoms with Crippen LogP contribution in [0.4, 0.5) is 0 Å². The van der Waals surface area contributed by atoms with E-state index in [1.54, 1.807) is 27.4 Å².